The lowest BCUT2D eigenvalue weighted by atomic mass is 10.3. The molecule has 1 aromatic rings. The van der Waals surface area contributed by atoms with E-state index in [1.807, 2.05) is 0 Å². The van der Waals surface area contributed by atoms with E-state index in [1.165, 1.54) is 6.07 Å². The van der Waals surface area contributed by atoms with E-state index in [2.05, 4.69) is 5.43 Å². The Balaban J connectivity index is 2.09. The van der Waals surface area contributed by atoms with Crippen LogP contribution in [-0.2, 0) is 9.84 Å². The summed E-state index contributed by atoms with van der Waals surface area (Å²) in [6, 6.07) is 6.28. The first kappa shape index (κ1) is 12.8. The second-order valence-corrected chi connectivity index (χ2v) is 6.33. The SMILES string of the molecule is O=[N+]([O-])c1ccccc1NN1CCS(=O)(=O)CC1. The number of sulfone groups is 1. The Kier molecular flexibility index (Phi) is 3.48. The lowest BCUT2D eigenvalue weighted by Gasteiger charge is -2.27. The first-order chi connectivity index (χ1) is 8.48. The van der Waals surface area contributed by atoms with Gasteiger partial charge >= 0.3 is 0 Å². The van der Waals surface area contributed by atoms with Crippen molar-refractivity contribution in [2.45, 2.75) is 0 Å². The van der Waals surface area contributed by atoms with Crippen molar-refractivity contribution >= 4 is 21.2 Å². The van der Waals surface area contributed by atoms with Gasteiger partial charge in [-0.25, -0.2) is 13.4 Å². The van der Waals surface area contributed by atoms with Crippen LogP contribution in [0.3, 0.4) is 0 Å². The molecule has 1 heterocycles. The van der Waals surface area contributed by atoms with E-state index in [4.69, 9.17) is 0 Å². The molecule has 1 saturated heterocycles. The van der Waals surface area contributed by atoms with Gasteiger partial charge in [0.2, 0.25) is 0 Å². The van der Waals surface area contributed by atoms with Gasteiger partial charge in [-0.15, -0.1) is 0 Å². The Hall–Kier alpha value is -1.67. The predicted molar refractivity (Wildman–Crippen MR) is 66.9 cm³/mol. The molecule has 1 aliphatic rings. The van der Waals surface area contributed by atoms with E-state index in [1.54, 1.807) is 23.2 Å². The van der Waals surface area contributed by atoms with Gasteiger partial charge < -0.3 is 5.43 Å². The second kappa shape index (κ2) is 4.91. The summed E-state index contributed by atoms with van der Waals surface area (Å²) >= 11 is 0. The molecule has 1 fully saturated rings. The lowest BCUT2D eigenvalue weighted by molar-refractivity contribution is -0.384. The van der Waals surface area contributed by atoms with Gasteiger partial charge in [-0.2, -0.15) is 0 Å². The smallest absolute Gasteiger partial charge is 0.293 e. The van der Waals surface area contributed by atoms with E-state index in [-0.39, 0.29) is 17.2 Å². The number of nitrogens with zero attached hydrogens (tertiary/aromatic N) is 2. The third kappa shape index (κ3) is 2.96. The molecule has 0 amide bonds. The first-order valence-corrected chi connectivity index (χ1v) is 7.25. The van der Waals surface area contributed by atoms with Crippen molar-refractivity contribution in [1.29, 1.82) is 0 Å². The first-order valence-electron chi connectivity index (χ1n) is 5.43. The van der Waals surface area contributed by atoms with Crippen LogP contribution in [0.2, 0.25) is 0 Å². The highest BCUT2D eigenvalue weighted by Gasteiger charge is 2.23. The van der Waals surface area contributed by atoms with Crippen molar-refractivity contribution in [3.05, 3.63) is 34.4 Å². The summed E-state index contributed by atoms with van der Waals surface area (Å²) in [5.41, 5.74) is 3.25. The summed E-state index contributed by atoms with van der Waals surface area (Å²) in [7, 11) is -2.95. The topological polar surface area (TPSA) is 92.6 Å². The Bertz CT molecular complexity index is 544. The normalized spacial score (nSPS) is 19.3. The maximum Gasteiger partial charge on any atom is 0.293 e. The van der Waals surface area contributed by atoms with Gasteiger partial charge in [0, 0.05) is 19.2 Å². The van der Waals surface area contributed by atoms with Crippen LogP contribution < -0.4 is 5.43 Å². The van der Waals surface area contributed by atoms with Crippen molar-refractivity contribution < 1.29 is 13.3 Å². The molecule has 0 spiro atoms. The average molecular weight is 271 g/mol. The molecule has 18 heavy (non-hydrogen) atoms. The molecule has 98 valence electrons. The van der Waals surface area contributed by atoms with Crippen LogP contribution in [0.25, 0.3) is 0 Å². The molecule has 0 unspecified atom stereocenters. The van der Waals surface area contributed by atoms with Gasteiger partial charge in [-0.1, -0.05) is 12.1 Å². The maximum atomic E-state index is 11.3. The standard InChI is InChI=1S/C10H13N3O4S/c14-13(15)10-4-2-1-3-9(10)11-12-5-7-18(16,17)8-6-12/h1-4,11H,5-8H2. The van der Waals surface area contributed by atoms with Crippen LogP contribution in [0.1, 0.15) is 0 Å². The highest BCUT2D eigenvalue weighted by molar-refractivity contribution is 7.91. The molecule has 2 rings (SSSR count). The highest BCUT2D eigenvalue weighted by atomic mass is 32.2. The van der Waals surface area contributed by atoms with Gasteiger partial charge in [-0.05, 0) is 6.07 Å². The average Bonchev–Trinajstić information content (AvgIpc) is 2.32. The minimum Gasteiger partial charge on any atom is -0.313 e. The Morgan fingerprint density at radius 2 is 1.83 bits per heavy atom. The summed E-state index contributed by atoms with van der Waals surface area (Å²) in [6.07, 6.45) is 0. The molecule has 0 aromatic heterocycles. The number of hydrazine groups is 1. The van der Waals surface area contributed by atoms with E-state index in [9.17, 15) is 18.5 Å². The number of rotatable bonds is 3. The Morgan fingerprint density at radius 3 is 2.44 bits per heavy atom. The third-order valence-corrected chi connectivity index (χ3v) is 4.33. The molecular weight excluding hydrogens is 258 g/mol. The zero-order valence-electron chi connectivity index (χ0n) is 9.57. The fourth-order valence-electron chi connectivity index (χ4n) is 1.72. The van der Waals surface area contributed by atoms with Gasteiger partial charge in [0.15, 0.2) is 9.84 Å². The van der Waals surface area contributed by atoms with Crippen LogP contribution in [-0.4, -0.2) is 42.9 Å². The lowest BCUT2D eigenvalue weighted by Crippen LogP contribution is -2.43. The third-order valence-electron chi connectivity index (χ3n) is 2.72. The quantitative estimate of drug-likeness (QED) is 0.641. The van der Waals surface area contributed by atoms with E-state index >= 15 is 0 Å². The number of nitro benzene ring substituents is 1. The van der Waals surface area contributed by atoms with E-state index in [0.717, 1.165) is 0 Å². The fourth-order valence-corrected chi connectivity index (χ4v) is 2.92. The van der Waals surface area contributed by atoms with Crippen LogP contribution >= 0.6 is 0 Å². The summed E-state index contributed by atoms with van der Waals surface area (Å²) in [6.45, 7) is 0.656. The monoisotopic (exact) mass is 271 g/mol. The number of nitrogens with one attached hydrogen (secondary N) is 1. The van der Waals surface area contributed by atoms with Crippen molar-refractivity contribution in [2.24, 2.45) is 0 Å². The minimum atomic E-state index is -2.95. The molecule has 0 radical (unpaired) electrons. The van der Waals surface area contributed by atoms with Gasteiger partial charge in [-0.3, -0.25) is 10.1 Å². The maximum absolute atomic E-state index is 11.3. The molecule has 0 aliphatic carbocycles. The summed E-state index contributed by atoms with van der Waals surface area (Å²) in [4.78, 5) is 10.3. The summed E-state index contributed by atoms with van der Waals surface area (Å²) in [5.74, 6) is 0.140. The summed E-state index contributed by atoms with van der Waals surface area (Å²) in [5, 5.41) is 12.5. The van der Waals surface area contributed by atoms with Crippen LogP contribution in [0, 0.1) is 10.1 Å². The number of hydrogen-bond acceptors (Lipinski definition) is 6. The van der Waals surface area contributed by atoms with E-state index < -0.39 is 14.8 Å². The van der Waals surface area contributed by atoms with Crippen molar-refractivity contribution in [3.8, 4) is 0 Å². The minimum absolute atomic E-state index is 0.0223. The highest BCUT2D eigenvalue weighted by Crippen LogP contribution is 2.24. The predicted octanol–water partition coefficient (Wildman–Crippen LogP) is 0.652. The molecule has 7 nitrogen and oxygen atoms in total. The van der Waals surface area contributed by atoms with Crippen LogP contribution in [0.5, 0.6) is 0 Å². The molecule has 0 atom stereocenters. The molecule has 1 aromatic carbocycles. The number of nitro groups is 1. The molecule has 1 aliphatic heterocycles. The molecule has 0 saturated carbocycles. The van der Waals surface area contributed by atoms with Crippen LogP contribution in [0.15, 0.2) is 24.3 Å². The van der Waals surface area contributed by atoms with Crippen LogP contribution in [0.4, 0.5) is 11.4 Å². The summed E-state index contributed by atoms with van der Waals surface area (Å²) < 4.78 is 22.5. The molecule has 1 N–H and O–H groups in total. The number of hydrogen-bond donors (Lipinski definition) is 1. The Labute approximate surface area is 104 Å². The number of anilines is 1. The molecule has 0 bridgehead atoms. The van der Waals surface area contributed by atoms with Crippen molar-refractivity contribution in [2.75, 3.05) is 30.0 Å². The second-order valence-electron chi connectivity index (χ2n) is 4.02. The number of benzene rings is 1. The molecular formula is C10H13N3O4S. The van der Waals surface area contributed by atoms with Gasteiger partial charge in [0.25, 0.3) is 5.69 Å². The van der Waals surface area contributed by atoms with Gasteiger partial charge in [0.1, 0.15) is 5.69 Å². The van der Waals surface area contributed by atoms with Crippen molar-refractivity contribution in [1.82, 2.24) is 5.01 Å². The van der Waals surface area contributed by atoms with E-state index in [0.29, 0.717) is 18.8 Å². The fraction of sp³-hybridized carbons (Fsp3) is 0.400. The largest absolute Gasteiger partial charge is 0.313 e. The van der Waals surface area contributed by atoms with Crippen molar-refractivity contribution in [3.63, 3.8) is 0 Å². The zero-order valence-corrected chi connectivity index (χ0v) is 10.4. The van der Waals surface area contributed by atoms with Gasteiger partial charge in [0.05, 0.1) is 16.4 Å². The Morgan fingerprint density at radius 1 is 1.22 bits per heavy atom. The molecule has 8 heteroatoms. The zero-order chi connectivity index (χ0) is 13.2. The number of para-hydroxylation sites is 2.